The van der Waals surface area contributed by atoms with Crippen LogP contribution in [0.5, 0.6) is 0 Å². The second kappa shape index (κ2) is 5.50. The third-order valence-corrected chi connectivity index (χ3v) is 2.38. The highest BCUT2D eigenvalue weighted by Crippen LogP contribution is 2.21. The Morgan fingerprint density at radius 3 is 2.56 bits per heavy atom. The molecular formula is C13H17FN2. The normalized spacial score (nSPS) is 10.2. The van der Waals surface area contributed by atoms with Crippen LogP contribution in [0.2, 0.25) is 0 Å². The lowest BCUT2D eigenvalue weighted by molar-refractivity contribution is 0.586. The molecule has 0 N–H and O–H groups in total. The van der Waals surface area contributed by atoms with E-state index in [-0.39, 0.29) is 5.82 Å². The number of halogens is 1. The van der Waals surface area contributed by atoms with Crippen LogP contribution in [0.4, 0.5) is 10.1 Å². The van der Waals surface area contributed by atoms with E-state index < -0.39 is 0 Å². The first-order valence-corrected chi connectivity index (χ1v) is 5.53. The molecule has 0 bridgehead atoms. The van der Waals surface area contributed by atoms with E-state index >= 15 is 0 Å². The fraction of sp³-hybridized carbons (Fsp3) is 0.462. The van der Waals surface area contributed by atoms with Gasteiger partial charge in [0, 0.05) is 13.1 Å². The van der Waals surface area contributed by atoms with Crippen LogP contribution >= 0.6 is 0 Å². The summed E-state index contributed by atoms with van der Waals surface area (Å²) in [5.74, 6) is 0.163. The molecule has 0 atom stereocenters. The fourth-order valence-electron chi connectivity index (χ4n) is 1.67. The van der Waals surface area contributed by atoms with Crippen LogP contribution in [-0.2, 0) is 0 Å². The standard InChI is InChI=1S/C13H17FN2/c1-4-16(9-10(2)3)13-6-5-11(8-15)7-12(13)14/h5-7,10H,4,9H2,1-3H3. The molecule has 1 aromatic rings. The molecule has 0 radical (unpaired) electrons. The maximum atomic E-state index is 13.7. The molecular weight excluding hydrogens is 203 g/mol. The quantitative estimate of drug-likeness (QED) is 0.779. The third-order valence-electron chi connectivity index (χ3n) is 2.38. The smallest absolute Gasteiger partial charge is 0.147 e. The number of hydrogen-bond acceptors (Lipinski definition) is 2. The van der Waals surface area contributed by atoms with Gasteiger partial charge in [0.1, 0.15) is 5.82 Å². The molecule has 1 aromatic carbocycles. The Hall–Kier alpha value is -1.56. The summed E-state index contributed by atoms with van der Waals surface area (Å²) in [6, 6.07) is 6.56. The Bertz CT molecular complexity index is 393. The zero-order valence-electron chi connectivity index (χ0n) is 10.00. The van der Waals surface area contributed by atoms with Crippen molar-refractivity contribution in [2.24, 2.45) is 5.92 Å². The summed E-state index contributed by atoms with van der Waals surface area (Å²) in [5, 5.41) is 8.66. The predicted octanol–water partition coefficient (Wildman–Crippen LogP) is 3.18. The Morgan fingerprint density at radius 1 is 1.44 bits per heavy atom. The number of benzene rings is 1. The average Bonchev–Trinajstić information content (AvgIpc) is 2.25. The predicted molar refractivity (Wildman–Crippen MR) is 63.8 cm³/mol. The van der Waals surface area contributed by atoms with Crippen LogP contribution in [0, 0.1) is 23.1 Å². The van der Waals surface area contributed by atoms with Crippen LogP contribution in [0.25, 0.3) is 0 Å². The van der Waals surface area contributed by atoms with Crippen molar-refractivity contribution in [1.29, 1.82) is 5.26 Å². The molecule has 2 nitrogen and oxygen atoms in total. The SMILES string of the molecule is CCN(CC(C)C)c1ccc(C#N)cc1F. The van der Waals surface area contributed by atoms with Gasteiger partial charge in [0.15, 0.2) is 0 Å². The van der Waals surface area contributed by atoms with Gasteiger partial charge in [-0.3, -0.25) is 0 Å². The summed E-state index contributed by atoms with van der Waals surface area (Å²) in [6.45, 7) is 7.79. The lowest BCUT2D eigenvalue weighted by Gasteiger charge is -2.25. The minimum Gasteiger partial charge on any atom is -0.369 e. The van der Waals surface area contributed by atoms with Gasteiger partial charge in [-0.1, -0.05) is 13.8 Å². The number of hydrogen-bond donors (Lipinski definition) is 0. The van der Waals surface area contributed by atoms with Gasteiger partial charge in [0.2, 0.25) is 0 Å². The topological polar surface area (TPSA) is 27.0 Å². The van der Waals surface area contributed by atoms with E-state index in [9.17, 15) is 4.39 Å². The summed E-state index contributed by atoms with van der Waals surface area (Å²) in [6.07, 6.45) is 0. The molecule has 0 heterocycles. The summed E-state index contributed by atoms with van der Waals surface area (Å²) in [7, 11) is 0. The van der Waals surface area contributed by atoms with Gasteiger partial charge in [0.25, 0.3) is 0 Å². The summed E-state index contributed by atoms with van der Waals surface area (Å²) >= 11 is 0. The first-order chi connectivity index (χ1) is 7.58. The molecule has 0 saturated heterocycles. The van der Waals surface area contributed by atoms with Crippen LogP contribution in [0.3, 0.4) is 0 Å². The van der Waals surface area contributed by atoms with Crippen LogP contribution < -0.4 is 4.90 Å². The second-order valence-corrected chi connectivity index (χ2v) is 4.21. The molecule has 0 aliphatic rings. The van der Waals surface area contributed by atoms with Gasteiger partial charge in [0.05, 0.1) is 17.3 Å². The number of nitrogens with zero attached hydrogens (tertiary/aromatic N) is 2. The van der Waals surface area contributed by atoms with E-state index in [0.29, 0.717) is 17.2 Å². The van der Waals surface area contributed by atoms with Crippen molar-refractivity contribution >= 4 is 5.69 Å². The first kappa shape index (κ1) is 12.5. The van der Waals surface area contributed by atoms with Crippen molar-refractivity contribution in [1.82, 2.24) is 0 Å². The Kier molecular flexibility index (Phi) is 4.30. The van der Waals surface area contributed by atoms with Crippen LogP contribution in [0.15, 0.2) is 18.2 Å². The highest BCUT2D eigenvalue weighted by Gasteiger charge is 2.11. The van der Waals surface area contributed by atoms with Crippen molar-refractivity contribution in [2.45, 2.75) is 20.8 Å². The molecule has 86 valence electrons. The molecule has 0 aliphatic carbocycles. The van der Waals surface area contributed by atoms with E-state index in [1.807, 2.05) is 17.9 Å². The molecule has 0 aromatic heterocycles. The maximum Gasteiger partial charge on any atom is 0.147 e. The molecule has 0 spiro atoms. The lowest BCUT2D eigenvalue weighted by atomic mass is 10.1. The third kappa shape index (κ3) is 2.96. The van der Waals surface area contributed by atoms with Gasteiger partial charge in [-0.05, 0) is 31.0 Å². The summed E-state index contributed by atoms with van der Waals surface area (Å²) in [4.78, 5) is 1.99. The van der Waals surface area contributed by atoms with Crippen LogP contribution in [-0.4, -0.2) is 13.1 Å². The molecule has 16 heavy (non-hydrogen) atoms. The van der Waals surface area contributed by atoms with E-state index in [0.717, 1.165) is 13.1 Å². The lowest BCUT2D eigenvalue weighted by Crippen LogP contribution is -2.28. The molecule has 0 fully saturated rings. The van der Waals surface area contributed by atoms with E-state index in [1.165, 1.54) is 6.07 Å². The fourth-order valence-corrected chi connectivity index (χ4v) is 1.67. The van der Waals surface area contributed by atoms with Gasteiger partial charge < -0.3 is 4.90 Å². The summed E-state index contributed by atoms with van der Waals surface area (Å²) in [5.41, 5.74) is 0.942. The van der Waals surface area contributed by atoms with E-state index in [4.69, 9.17) is 5.26 Å². The summed E-state index contributed by atoms with van der Waals surface area (Å²) < 4.78 is 13.7. The maximum absolute atomic E-state index is 13.7. The minimum absolute atomic E-state index is 0.318. The van der Waals surface area contributed by atoms with Crippen molar-refractivity contribution < 1.29 is 4.39 Å². The van der Waals surface area contributed by atoms with Crippen molar-refractivity contribution in [2.75, 3.05) is 18.0 Å². The van der Waals surface area contributed by atoms with Crippen molar-refractivity contribution in [3.05, 3.63) is 29.6 Å². The molecule has 3 heteroatoms. The highest BCUT2D eigenvalue weighted by atomic mass is 19.1. The minimum atomic E-state index is -0.318. The van der Waals surface area contributed by atoms with Crippen LogP contribution in [0.1, 0.15) is 26.3 Å². The molecule has 1 rings (SSSR count). The number of rotatable bonds is 4. The van der Waals surface area contributed by atoms with E-state index in [1.54, 1.807) is 12.1 Å². The first-order valence-electron chi connectivity index (χ1n) is 5.53. The van der Waals surface area contributed by atoms with Gasteiger partial charge in [-0.25, -0.2) is 4.39 Å². The molecule has 0 saturated carbocycles. The van der Waals surface area contributed by atoms with Gasteiger partial charge in [-0.2, -0.15) is 5.26 Å². The molecule has 0 amide bonds. The van der Waals surface area contributed by atoms with Gasteiger partial charge >= 0.3 is 0 Å². The van der Waals surface area contributed by atoms with Crippen molar-refractivity contribution in [3.63, 3.8) is 0 Å². The molecule has 0 unspecified atom stereocenters. The Balaban J connectivity index is 2.98. The Morgan fingerprint density at radius 2 is 2.12 bits per heavy atom. The van der Waals surface area contributed by atoms with Gasteiger partial charge in [-0.15, -0.1) is 0 Å². The van der Waals surface area contributed by atoms with E-state index in [2.05, 4.69) is 13.8 Å². The second-order valence-electron chi connectivity index (χ2n) is 4.21. The van der Waals surface area contributed by atoms with Crippen molar-refractivity contribution in [3.8, 4) is 6.07 Å². The zero-order chi connectivity index (χ0) is 12.1. The monoisotopic (exact) mass is 220 g/mol. The Labute approximate surface area is 96.3 Å². The largest absolute Gasteiger partial charge is 0.369 e. The average molecular weight is 220 g/mol. The molecule has 0 aliphatic heterocycles. The zero-order valence-corrected chi connectivity index (χ0v) is 10.00. The number of anilines is 1. The number of nitriles is 1. The highest BCUT2D eigenvalue weighted by molar-refractivity contribution is 5.51.